The lowest BCUT2D eigenvalue weighted by molar-refractivity contribution is -0.119. The van der Waals surface area contributed by atoms with E-state index in [-0.39, 0.29) is 11.3 Å². The van der Waals surface area contributed by atoms with Gasteiger partial charge >= 0.3 is 5.97 Å². The summed E-state index contributed by atoms with van der Waals surface area (Å²) in [6.07, 6.45) is 0. The Morgan fingerprint density at radius 1 is 0.861 bits per heavy atom. The molecule has 1 aromatic heterocycles. The van der Waals surface area contributed by atoms with Gasteiger partial charge in [-0.3, -0.25) is 9.59 Å². The van der Waals surface area contributed by atoms with Crippen molar-refractivity contribution in [2.45, 2.75) is 0 Å². The molecule has 182 valence electrons. The Balaban J connectivity index is 1.29. The van der Waals surface area contributed by atoms with Crippen LogP contribution in [0.5, 0.6) is 0 Å². The predicted octanol–water partition coefficient (Wildman–Crippen LogP) is 3.02. The number of esters is 1. The van der Waals surface area contributed by atoms with Crippen LogP contribution in [0.3, 0.4) is 0 Å². The Morgan fingerprint density at radius 2 is 1.53 bits per heavy atom. The summed E-state index contributed by atoms with van der Waals surface area (Å²) in [5, 5.41) is 7.69. The average molecular weight is 485 g/mol. The predicted molar refractivity (Wildman–Crippen MR) is 136 cm³/mol. The summed E-state index contributed by atoms with van der Waals surface area (Å²) in [5.41, 5.74) is 1.76. The number of amides is 1. The topological polar surface area (TPSA) is 103 Å². The van der Waals surface area contributed by atoms with Crippen molar-refractivity contribution in [2.24, 2.45) is 0 Å². The Kier molecular flexibility index (Phi) is 6.72. The Hall–Kier alpha value is -4.50. The molecule has 3 aromatic carbocycles. The third-order valence-electron chi connectivity index (χ3n) is 5.86. The van der Waals surface area contributed by atoms with E-state index in [2.05, 4.69) is 15.3 Å². The number of nitrogens with zero attached hydrogens (tertiary/aromatic N) is 3. The number of nitrogens with one attached hydrogen (secondary N) is 1. The summed E-state index contributed by atoms with van der Waals surface area (Å²) in [4.78, 5) is 40.6. The zero-order valence-electron chi connectivity index (χ0n) is 19.4. The molecule has 1 fully saturated rings. The number of hydrogen-bond acceptors (Lipinski definition) is 7. The first-order chi connectivity index (χ1) is 17.6. The van der Waals surface area contributed by atoms with Crippen LogP contribution < -0.4 is 15.8 Å². The van der Waals surface area contributed by atoms with Gasteiger partial charge in [0.15, 0.2) is 12.3 Å². The number of morpholine rings is 1. The summed E-state index contributed by atoms with van der Waals surface area (Å²) in [7, 11) is 0. The van der Waals surface area contributed by atoms with Crippen LogP contribution in [0.25, 0.3) is 16.5 Å². The highest BCUT2D eigenvalue weighted by Gasteiger charge is 2.20. The van der Waals surface area contributed by atoms with Crippen molar-refractivity contribution in [2.75, 3.05) is 43.1 Å². The van der Waals surface area contributed by atoms with Crippen molar-refractivity contribution < 1.29 is 19.1 Å². The van der Waals surface area contributed by atoms with E-state index < -0.39 is 18.5 Å². The molecule has 36 heavy (non-hydrogen) atoms. The van der Waals surface area contributed by atoms with Crippen LogP contribution in [0, 0.1) is 0 Å². The molecule has 0 bridgehead atoms. The molecule has 4 aromatic rings. The lowest BCUT2D eigenvalue weighted by Gasteiger charge is -2.28. The quantitative estimate of drug-likeness (QED) is 0.420. The first-order valence-corrected chi connectivity index (χ1v) is 11.6. The molecule has 1 N–H and O–H groups in total. The largest absolute Gasteiger partial charge is 0.451 e. The number of carbonyl (C=O) groups excluding carboxylic acids is 2. The molecule has 0 spiro atoms. The van der Waals surface area contributed by atoms with Crippen LogP contribution >= 0.6 is 0 Å². The van der Waals surface area contributed by atoms with Gasteiger partial charge in [-0.05, 0) is 42.5 Å². The maximum Gasteiger partial charge on any atom is 0.359 e. The average Bonchev–Trinajstić information content (AvgIpc) is 2.93. The zero-order valence-corrected chi connectivity index (χ0v) is 19.4. The number of rotatable bonds is 6. The van der Waals surface area contributed by atoms with Gasteiger partial charge < -0.3 is 19.7 Å². The second-order valence-electron chi connectivity index (χ2n) is 8.22. The molecular formula is C27H24N4O5. The fourth-order valence-electron chi connectivity index (χ4n) is 4.06. The molecular weight excluding hydrogens is 460 g/mol. The molecule has 2 heterocycles. The van der Waals surface area contributed by atoms with Gasteiger partial charge in [-0.2, -0.15) is 9.78 Å². The fraction of sp³-hybridized carbons (Fsp3) is 0.185. The maximum atomic E-state index is 13.0. The Bertz CT molecular complexity index is 1450. The second kappa shape index (κ2) is 10.4. The van der Waals surface area contributed by atoms with E-state index in [0.29, 0.717) is 35.4 Å². The SMILES string of the molecule is O=C(COC(=O)c1nn(-c2ccccc2)c(=O)c2ccccc12)Nc1ccc(N2CCOCC2)cc1. The van der Waals surface area contributed by atoms with E-state index in [4.69, 9.17) is 9.47 Å². The molecule has 1 amide bonds. The molecule has 0 unspecified atom stereocenters. The van der Waals surface area contributed by atoms with Gasteiger partial charge in [-0.25, -0.2) is 4.79 Å². The Morgan fingerprint density at radius 3 is 2.25 bits per heavy atom. The van der Waals surface area contributed by atoms with Crippen molar-refractivity contribution >= 4 is 34.0 Å². The molecule has 1 saturated heterocycles. The summed E-state index contributed by atoms with van der Waals surface area (Å²) >= 11 is 0. The lowest BCUT2D eigenvalue weighted by atomic mass is 10.1. The van der Waals surface area contributed by atoms with Crippen molar-refractivity contribution in [1.82, 2.24) is 9.78 Å². The lowest BCUT2D eigenvalue weighted by Crippen LogP contribution is -2.36. The van der Waals surface area contributed by atoms with Gasteiger partial charge in [0, 0.05) is 29.9 Å². The van der Waals surface area contributed by atoms with Gasteiger partial charge in [0.2, 0.25) is 0 Å². The minimum Gasteiger partial charge on any atom is -0.451 e. The smallest absolute Gasteiger partial charge is 0.359 e. The van der Waals surface area contributed by atoms with Crippen LogP contribution in [0.15, 0.2) is 83.7 Å². The number of carbonyl (C=O) groups is 2. The van der Waals surface area contributed by atoms with E-state index >= 15 is 0 Å². The van der Waals surface area contributed by atoms with E-state index in [1.807, 2.05) is 18.2 Å². The third-order valence-corrected chi connectivity index (χ3v) is 5.86. The second-order valence-corrected chi connectivity index (χ2v) is 8.22. The van der Waals surface area contributed by atoms with Crippen molar-refractivity contribution in [1.29, 1.82) is 0 Å². The summed E-state index contributed by atoms with van der Waals surface area (Å²) in [6, 6.07) is 22.9. The minimum atomic E-state index is -0.798. The molecule has 0 aliphatic carbocycles. The Labute approximate surface area is 206 Å². The minimum absolute atomic E-state index is 0.0447. The van der Waals surface area contributed by atoms with Crippen molar-refractivity contribution in [3.8, 4) is 5.69 Å². The van der Waals surface area contributed by atoms with Crippen LogP contribution in [-0.4, -0.2) is 54.6 Å². The molecule has 0 atom stereocenters. The standard InChI is InChI=1S/C27H24N4O5/c32-24(28-19-10-12-20(13-11-19)30-14-16-35-17-15-30)18-36-27(34)25-22-8-4-5-9-23(22)26(33)31(29-25)21-6-2-1-3-7-21/h1-13H,14-18H2,(H,28,32). The molecule has 5 rings (SSSR count). The molecule has 0 radical (unpaired) electrons. The molecule has 1 aliphatic rings. The number of hydrogen-bond donors (Lipinski definition) is 1. The molecule has 9 heteroatoms. The van der Waals surface area contributed by atoms with Gasteiger partial charge in [0.1, 0.15) is 0 Å². The highest BCUT2D eigenvalue weighted by atomic mass is 16.5. The number of aromatic nitrogens is 2. The van der Waals surface area contributed by atoms with Gasteiger partial charge in [-0.15, -0.1) is 0 Å². The van der Waals surface area contributed by atoms with Crippen LogP contribution in [-0.2, 0) is 14.3 Å². The molecule has 0 saturated carbocycles. The highest BCUT2D eigenvalue weighted by molar-refractivity contribution is 6.03. The first kappa shape index (κ1) is 23.3. The third kappa shape index (κ3) is 4.96. The van der Waals surface area contributed by atoms with Crippen molar-refractivity contribution in [3.63, 3.8) is 0 Å². The van der Waals surface area contributed by atoms with Crippen LogP contribution in [0.2, 0.25) is 0 Å². The number of benzene rings is 3. The summed E-state index contributed by atoms with van der Waals surface area (Å²) in [6.45, 7) is 2.53. The molecule has 1 aliphatic heterocycles. The summed E-state index contributed by atoms with van der Waals surface area (Å²) < 4.78 is 11.8. The van der Waals surface area contributed by atoms with E-state index in [0.717, 1.165) is 23.5 Å². The number of anilines is 2. The zero-order chi connectivity index (χ0) is 24.9. The van der Waals surface area contributed by atoms with E-state index in [1.54, 1.807) is 60.7 Å². The fourth-order valence-corrected chi connectivity index (χ4v) is 4.06. The first-order valence-electron chi connectivity index (χ1n) is 11.6. The normalized spacial score (nSPS) is 13.4. The van der Waals surface area contributed by atoms with Crippen LogP contribution in [0.4, 0.5) is 11.4 Å². The number of para-hydroxylation sites is 1. The number of fused-ring (bicyclic) bond motifs is 1. The monoisotopic (exact) mass is 484 g/mol. The molecule has 9 nitrogen and oxygen atoms in total. The van der Waals surface area contributed by atoms with Gasteiger partial charge in [0.25, 0.3) is 11.5 Å². The highest BCUT2D eigenvalue weighted by Crippen LogP contribution is 2.19. The number of ether oxygens (including phenoxy) is 2. The maximum absolute atomic E-state index is 13.0. The van der Waals surface area contributed by atoms with Crippen molar-refractivity contribution in [3.05, 3.63) is 94.9 Å². The van der Waals surface area contributed by atoms with E-state index in [9.17, 15) is 14.4 Å². The van der Waals surface area contributed by atoms with Crippen LogP contribution in [0.1, 0.15) is 10.5 Å². The van der Waals surface area contributed by atoms with E-state index in [1.165, 1.54) is 0 Å². The van der Waals surface area contributed by atoms with Gasteiger partial charge in [-0.1, -0.05) is 36.4 Å². The summed E-state index contributed by atoms with van der Waals surface area (Å²) in [5.74, 6) is -1.28. The van der Waals surface area contributed by atoms with Gasteiger partial charge in [0.05, 0.1) is 24.3 Å².